The summed E-state index contributed by atoms with van der Waals surface area (Å²) < 4.78 is 18.4. The molecule has 2 bridgehead atoms. The lowest BCUT2D eigenvalue weighted by molar-refractivity contribution is -0.163. The van der Waals surface area contributed by atoms with Crippen molar-refractivity contribution in [3.63, 3.8) is 0 Å². The van der Waals surface area contributed by atoms with Crippen LogP contribution in [0, 0.1) is 18.8 Å². The van der Waals surface area contributed by atoms with E-state index in [-0.39, 0.29) is 32.1 Å². The van der Waals surface area contributed by atoms with E-state index >= 15 is 0 Å². The Morgan fingerprint density at radius 2 is 1.92 bits per heavy atom. The fraction of sp³-hybridized carbons (Fsp3) is 0.487. The second kappa shape index (κ2) is 16.5. The highest BCUT2D eigenvalue weighted by atomic mass is 35.5. The molecule has 3 amide bonds. The number of rotatable bonds is 17. The average molecular weight is 722 g/mol. The highest BCUT2D eigenvalue weighted by molar-refractivity contribution is 6.34. The summed E-state index contributed by atoms with van der Waals surface area (Å²) in [6.07, 6.45) is 3.38. The smallest absolute Gasteiger partial charge is 0.313 e. The molecule has 0 radical (unpaired) electrons. The summed E-state index contributed by atoms with van der Waals surface area (Å²) in [6, 6.07) is 11.8. The normalized spacial score (nSPS) is 25.1. The molecule has 8 atom stereocenters. The molecular weight excluding hydrogens is 674 g/mol. The van der Waals surface area contributed by atoms with E-state index in [0.717, 1.165) is 5.56 Å². The number of aryl methyl sites for hydroxylation is 1. The summed E-state index contributed by atoms with van der Waals surface area (Å²) in [4.78, 5) is 59.9. The summed E-state index contributed by atoms with van der Waals surface area (Å²) >= 11 is 6.67. The number of fused-ring (bicyclic) bond motifs is 1. The molecule has 0 aromatic heterocycles. The monoisotopic (exact) mass is 721 g/mol. The summed E-state index contributed by atoms with van der Waals surface area (Å²) in [5.74, 6) is -3.90. The Labute approximate surface area is 304 Å². The zero-order valence-corrected chi connectivity index (χ0v) is 30.2. The number of carbonyl (C=O) groups excluding carboxylic acids is 4. The number of aliphatic hydroxyl groups excluding tert-OH is 1. The van der Waals surface area contributed by atoms with Gasteiger partial charge in [-0.25, -0.2) is 0 Å². The van der Waals surface area contributed by atoms with Crippen molar-refractivity contribution in [3.05, 3.63) is 90.0 Å². The van der Waals surface area contributed by atoms with E-state index < -0.39 is 65.6 Å². The van der Waals surface area contributed by atoms with Gasteiger partial charge in [-0.1, -0.05) is 73.1 Å². The molecule has 12 heteroatoms. The number of nitrogens with one attached hydrogen (secondary N) is 1. The Hall–Kier alpha value is -4.03. The van der Waals surface area contributed by atoms with Crippen molar-refractivity contribution < 1.29 is 38.5 Å². The van der Waals surface area contributed by atoms with Gasteiger partial charge in [0.15, 0.2) is 0 Å². The van der Waals surface area contributed by atoms with Gasteiger partial charge >= 0.3 is 5.97 Å². The third kappa shape index (κ3) is 7.22. The highest BCUT2D eigenvalue weighted by Gasteiger charge is 2.75. The molecule has 2 aromatic rings. The van der Waals surface area contributed by atoms with E-state index in [0.29, 0.717) is 42.0 Å². The van der Waals surface area contributed by atoms with Crippen molar-refractivity contribution in [1.29, 1.82) is 0 Å². The van der Waals surface area contributed by atoms with E-state index in [9.17, 15) is 24.3 Å². The highest BCUT2D eigenvalue weighted by Crippen LogP contribution is 2.59. The fourth-order valence-corrected chi connectivity index (χ4v) is 8.43. The van der Waals surface area contributed by atoms with Crippen LogP contribution in [0.5, 0.6) is 0 Å². The van der Waals surface area contributed by atoms with Crippen LogP contribution >= 0.6 is 11.6 Å². The van der Waals surface area contributed by atoms with Crippen LogP contribution in [0.3, 0.4) is 0 Å². The van der Waals surface area contributed by atoms with Crippen molar-refractivity contribution in [1.82, 2.24) is 10.2 Å². The topological polar surface area (TPSA) is 135 Å². The van der Waals surface area contributed by atoms with Crippen molar-refractivity contribution in [2.45, 2.75) is 81.9 Å². The minimum absolute atomic E-state index is 0.0448. The van der Waals surface area contributed by atoms with Gasteiger partial charge in [0.05, 0.1) is 53.9 Å². The standard InChI is InChI=1S/C39H48ClN3O8/c1-6-9-18-30(45)41-28(23-49-5)34(25-15-11-10-12-16-25)50-38(48)31-29-19-20-39(51-29)32(31)36(46)43(26(8-3)22-44)35(39)37(47)42(21-7-2)33-24(4)14-13-17-27(33)40/h6-7,10-17,26,28-29,31-32,34-35,44H,1-2,8-9,18-23H2,3-5H3,(H,41,45)/t26-,28-,29-,31+,32+,34-,35-,39+/m0/s1. The van der Waals surface area contributed by atoms with Crippen LogP contribution in [0.1, 0.15) is 56.3 Å². The van der Waals surface area contributed by atoms with E-state index in [1.54, 1.807) is 48.6 Å². The van der Waals surface area contributed by atoms with Gasteiger partial charge in [0.2, 0.25) is 11.8 Å². The van der Waals surface area contributed by atoms with Gasteiger partial charge in [-0.05, 0) is 49.8 Å². The van der Waals surface area contributed by atoms with E-state index in [1.165, 1.54) is 16.9 Å². The number of allylic oxidation sites excluding steroid dienone is 1. The lowest BCUT2D eigenvalue weighted by atomic mass is 9.70. The number of amides is 3. The molecule has 0 aliphatic carbocycles. The maximum atomic E-state index is 14.9. The third-order valence-corrected chi connectivity index (χ3v) is 10.7. The van der Waals surface area contributed by atoms with Gasteiger partial charge in [-0.2, -0.15) is 0 Å². The molecule has 1 spiro atoms. The van der Waals surface area contributed by atoms with Crippen LogP contribution in [0.4, 0.5) is 5.69 Å². The van der Waals surface area contributed by atoms with Gasteiger partial charge in [0.25, 0.3) is 5.91 Å². The number of aliphatic hydroxyl groups is 1. The molecule has 3 aliphatic heterocycles. The number of methoxy groups -OCH3 is 1. The van der Waals surface area contributed by atoms with Crippen LogP contribution in [0.2, 0.25) is 5.02 Å². The second-order valence-electron chi connectivity index (χ2n) is 13.4. The first-order valence-electron chi connectivity index (χ1n) is 17.5. The SMILES string of the molecule is C=CCCC(=O)N[C@@H](COC)[C@@H](OC(=O)[C@@H]1[C@@H]2CC[C@]3(O2)[C@H](C(=O)N(CC=C)c2c(C)cccc2Cl)N([C@@H](CC)CO)C(=O)[C@@H]13)c1ccccc1. The molecule has 2 N–H and O–H groups in total. The molecule has 5 rings (SSSR count). The number of likely N-dealkylation sites (tertiary alicyclic amines) is 1. The first-order chi connectivity index (χ1) is 24.6. The molecular formula is C39H48ClN3O8. The molecule has 3 heterocycles. The van der Waals surface area contributed by atoms with Gasteiger partial charge in [-0.3, -0.25) is 19.2 Å². The number of para-hydroxylation sites is 1. The Kier molecular flexibility index (Phi) is 12.4. The average Bonchev–Trinajstić information content (AvgIpc) is 3.77. The first kappa shape index (κ1) is 38.2. The van der Waals surface area contributed by atoms with E-state index in [4.69, 9.17) is 25.8 Å². The van der Waals surface area contributed by atoms with Crippen LogP contribution < -0.4 is 10.2 Å². The molecule has 0 unspecified atom stereocenters. The number of anilines is 1. The van der Waals surface area contributed by atoms with Crippen LogP contribution in [0.25, 0.3) is 0 Å². The lowest BCUT2D eigenvalue weighted by Crippen LogP contribution is -2.59. The van der Waals surface area contributed by atoms with Crippen molar-refractivity contribution in [2.75, 3.05) is 31.8 Å². The number of hydrogen-bond acceptors (Lipinski definition) is 8. The number of benzene rings is 2. The molecule has 11 nitrogen and oxygen atoms in total. The maximum absolute atomic E-state index is 14.9. The zero-order chi connectivity index (χ0) is 36.9. The van der Waals surface area contributed by atoms with Crippen molar-refractivity contribution in [3.8, 4) is 0 Å². The minimum Gasteiger partial charge on any atom is -0.455 e. The van der Waals surface area contributed by atoms with Crippen molar-refractivity contribution in [2.24, 2.45) is 11.8 Å². The maximum Gasteiger partial charge on any atom is 0.313 e. The Bertz CT molecular complexity index is 1600. The predicted octanol–water partition coefficient (Wildman–Crippen LogP) is 4.69. The van der Waals surface area contributed by atoms with Crippen molar-refractivity contribution >= 4 is 41.0 Å². The minimum atomic E-state index is -1.35. The Morgan fingerprint density at radius 1 is 1.18 bits per heavy atom. The number of halogens is 1. The zero-order valence-electron chi connectivity index (χ0n) is 29.5. The van der Waals surface area contributed by atoms with Gasteiger partial charge < -0.3 is 34.4 Å². The molecule has 274 valence electrons. The number of nitrogens with zero attached hydrogens (tertiary/aromatic N) is 2. The summed E-state index contributed by atoms with van der Waals surface area (Å²) in [6.45, 7) is 11.0. The summed E-state index contributed by atoms with van der Waals surface area (Å²) in [7, 11) is 1.49. The largest absolute Gasteiger partial charge is 0.455 e. The molecule has 3 saturated heterocycles. The lowest BCUT2D eigenvalue weighted by Gasteiger charge is -2.39. The number of carbonyl (C=O) groups is 4. The quantitative estimate of drug-likeness (QED) is 0.178. The number of ether oxygens (including phenoxy) is 3. The van der Waals surface area contributed by atoms with Crippen LogP contribution in [-0.4, -0.2) is 90.4 Å². The Balaban J connectivity index is 1.54. The third-order valence-electron chi connectivity index (χ3n) is 10.4. The molecule has 2 aromatic carbocycles. The van der Waals surface area contributed by atoms with Crippen LogP contribution in [0.15, 0.2) is 73.8 Å². The molecule has 51 heavy (non-hydrogen) atoms. The van der Waals surface area contributed by atoms with Gasteiger partial charge in [0.1, 0.15) is 17.7 Å². The van der Waals surface area contributed by atoms with E-state index in [1.807, 2.05) is 26.0 Å². The number of hydrogen-bond donors (Lipinski definition) is 2. The second-order valence-corrected chi connectivity index (χ2v) is 13.8. The molecule has 0 saturated carbocycles. The van der Waals surface area contributed by atoms with Gasteiger partial charge in [0, 0.05) is 20.1 Å². The molecule has 3 fully saturated rings. The first-order valence-corrected chi connectivity index (χ1v) is 17.9. The van der Waals surface area contributed by atoms with Crippen LogP contribution in [-0.2, 0) is 33.4 Å². The summed E-state index contributed by atoms with van der Waals surface area (Å²) in [5.41, 5.74) is 0.517. The summed E-state index contributed by atoms with van der Waals surface area (Å²) in [5, 5.41) is 13.8. The Morgan fingerprint density at radius 3 is 2.55 bits per heavy atom. The number of esters is 1. The molecule has 3 aliphatic rings. The van der Waals surface area contributed by atoms with Gasteiger partial charge in [-0.15, -0.1) is 13.2 Å². The van der Waals surface area contributed by atoms with E-state index in [2.05, 4.69) is 18.5 Å². The predicted molar refractivity (Wildman–Crippen MR) is 193 cm³/mol. The fourth-order valence-electron chi connectivity index (χ4n) is 8.10.